The molecule has 1 saturated heterocycles. The van der Waals surface area contributed by atoms with Crippen molar-refractivity contribution in [2.24, 2.45) is 0 Å². The topological polar surface area (TPSA) is 33.2 Å². The number of hydrogen-bond acceptors (Lipinski definition) is 3. The Kier molecular flexibility index (Phi) is 6.17. The van der Waals surface area contributed by atoms with Crippen LogP contribution in [0.2, 0.25) is 0 Å². The molecule has 0 spiro atoms. The minimum atomic E-state index is -4.30. The van der Waals surface area contributed by atoms with E-state index in [1.807, 2.05) is 13.0 Å². The van der Waals surface area contributed by atoms with Gasteiger partial charge in [0.1, 0.15) is 0 Å². The van der Waals surface area contributed by atoms with Crippen molar-refractivity contribution in [2.75, 3.05) is 18.0 Å². The van der Waals surface area contributed by atoms with Gasteiger partial charge in [-0.25, -0.2) is 0 Å². The maximum atomic E-state index is 12.7. The molecule has 3 rings (SSSR count). The van der Waals surface area contributed by atoms with Crippen molar-refractivity contribution in [3.05, 3.63) is 71.1 Å². The first kappa shape index (κ1) is 20.1. The molecule has 2 aromatic rings. The summed E-state index contributed by atoms with van der Waals surface area (Å²) >= 11 is 0. The Morgan fingerprint density at radius 2 is 1.79 bits per heavy atom. The van der Waals surface area contributed by atoms with Crippen LogP contribution < -0.4 is 4.90 Å². The predicted octanol–water partition coefficient (Wildman–Crippen LogP) is 5.60. The summed E-state index contributed by atoms with van der Waals surface area (Å²) in [5.74, 6) is 0.0894. The maximum Gasteiger partial charge on any atom is 0.416 e. The van der Waals surface area contributed by atoms with Gasteiger partial charge in [0.15, 0.2) is 5.78 Å². The number of piperidine rings is 1. The Morgan fingerprint density at radius 1 is 1.11 bits per heavy atom. The summed E-state index contributed by atoms with van der Waals surface area (Å²) < 4.78 is 38.0. The first-order valence-electron chi connectivity index (χ1n) is 9.39. The molecule has 1 aromatic heterocycles. The van der Waals surface area contributed by atoms with Crippen LogP contribution in [0.25, 0.3) is 0 Å². The van der Waals surface area contributed by atoms with Crippen LogP contribution >= 0.6 is 0 Å². The van der Waals surface area contributed by atoms with Crippen LogP contribution in [0, 0.1) is 6.92 Å². The van der Waals surface area contributed by atoms with Crippen LogP contribution in [-0.4, -0.2) is 23.9 Å². The van der Waals surface area contributed by atoms with Crippen molar-refractivity contribution in [3.8, 4) is 0 Å². The largest absolute Gasteiger partial charge is 0.416 e. The molecule has 3 nitrogen and oxygen atoms in total. The molecule has 0 saturated carbocycles. The van der Waals surface area contributed by atoms with E-state index >= 15 is 0 Å². The van der Waals surface area contributed by atoms with Gasteiger partial charge in [-0.2, -0.15) is 13.2 Å². The number of halogens is 3. The van der Waals surface area contributed by atoms with Gasteiger partial charge in [0.25, 0.3) is 0 Å². The predicted molar refractivity (Wildman–Crippen MR) is 104 cm³/mol. The van der Waals surface area contributed by atoms with Crippen molar-refractivity contribution in [2.45, 2.75) is 38.8 Å². The number of nitrogens with zero attached hydrogens (tertiary/aromatic N) is 2. The van der Waals surface area contributed by atoms with Crippen LogP contribution in [0.15, 0.2) is 54.2 Å². The summed E-state index contributed by atoms with van der Waals surface area (Å²) in [7, 11) is 0. The molecule has 0 bridgehead atoms. The normalized spacial score (nSPS) is 14.9. The van der Waals surface area contributed by atoms with Crippen molar-refractivity contribution in [1.82, 2.24) is 4.98 Å². The Labute approximate surface area is 162 Å². The van der Waals surface area contributed by atoms with Gasteiger partial charge in [0, 0.05) is 42.7 Å². The van der Waals surface area contributed by atoms with E-state index in [1.54, 1.807) is 12.3 Å². The highest BCUT2D eigenvalue weighted by Gasteiger charge is 2.30. The van der Waals surface area contributed by atoms with E-state index in [2.05, 4.69) is 16.0 Å². The molecule has 0 atom stereocenters. The van der Waals surface area contributed by atoms with Crippen molar-refractivity contribution in [3.63, 3.8) is 0 Å². The molecule has 28 heavy (non-hydrogen) atoms. The minimum Gasteiger partial charge on any atom is -0.371 e. The fraction of sp³-hybridized carbons (Fsp3) is 0.364. The molecule has 1 aliphatic heterocycles. The quantitative estimate of drug-likeness (QED) is 0.494. The lowest BCUT2D eigenvalue weighted by Crippen LogP contribution is -2.30. The second kappa shape index (κ2) is 8.59. The summed E-state index contributed by atoms with van der Waals surface area (Å²) in [5.41, 5.74) is 3.02. The molecule has 1 fully saturated rings. The molecule has 148 valence electrons. The lowest BCUT2D eigenvalue weighted by atomic mass is 10.00. The van der Waals surface area contributed by atoms with Gasteiger partial charge < -0.3 is 4.90 Å². The summed E-state index contributed by atoms with van der Waals surface area (Å²) in [4.78, 5) is 18.4. The van der Waals surface area contributed by atoms with Crippen LogP contribution in [0.4, 0.5) is 18.9 Å². The number of aryl methyl sites for hydroxylation is 1. The Bertz CT molecular complexity index is 830. The SMILES string of the molecule is Cc1ccc(C(=O)CCC=C2CCN(c3ccc(C(F)(F)F)cc3)CC2)cn1. The number of benzene rings is 1. The average molecular weight is 388 g/mol. The molecule has 1 aliphatic rings. The third kappa shape index (κ3) is 5.21. The number of aromatic nitrogens is 1. The lowest BCUT2D eigenvalue weighted by Gasteiger charge is -2.30. The van der Waals surface area contributed by atoms with E-state index < -0.39 is 11.7 Å². The van der Waals surface area contributed by atoms with Gasteiger partial charge in [-0.05, 0) is 62.6 Å². The molecule has 0 unspecified atom stereocenters. The number of alkyl halides is 3. The molecular formula is C22H23F3N2O. The van der Waals surface area contributed by atoms with Crippen LogP contribution in [0.3, 0.4) is 0 Å². The third-order valence-electron chi connectivity index (χ3n) is 5.00. The Morgan fingerprint density at radius 3 is 2.36 bits per heavy atom. The van der Waals surface area contributed by atoms with E-state index in [0.29, 0.717) is 18.4 Å². The van der Waals surface area contributed by atoms with E-state index in [-0.39, 0.29) is 5.78 Å². The first-order chi connectivity index (χ1) is 13.3. The zero-order chi connectivity index (χ0) is 20.1. The lowest BCUT2D eigenvalue weighted by molar-refractivity contribution is -0.137. The van der Waals surface area contributed by atoms with Crippen molar-refractivity contribution >= 4 is 11.5 Å². The number of carbonyl (C=O) groups is 1. The molecule has 1 aromatic carbocycles. The number of ketones is 1. The highest BCUT2D eigenvalue weighted by atomic mass is 19.4. The standard InChI is InChI=1S/C22H23F3N2O/c1-16-5-6-18(15-26-16)21(28)4-2-3-17-11-13-27(14-12-17)20-9-7-19(8-10-20)22(23,24)25/h3,5-10,15H,2,4,11-14H2,1H3. The highest BCUT2D eigenvalue weighted by molar-refractivity contribution is 5.95. The number of pyridine rings is 1. The molecule has 6 heteroatoms. The van der Waals surface area contributed by atoms with Crippen LogP contribution in [0.1, 0.15) is 47.3 Å². The first-order valence-corrected chi connectivity index (χ1v) is 9.39. The van der Waals surface area contributed by atoms with E-state index in [1.165, 1.54) is 17.7 Å². The van der Waals surface area contributed by atoms with Gasteiger partial charge in [0.2, 0.25) is 0 Å². The average Bonchev–Trinajstić information content (AvgIpc) is 2.68. The minimum absolute atomic E-state index is 0.0894. The Hall–Kier alpha value is -2.63. The molecule has 2 heterocycles. The smallest absolute Gasteiger partial charge is 0.371 e. The van der Waals surface area contributed by atoms with Gasteiger partial charge >= 0.3 is 6.18 Å². The summed E-state index contributed by atoms with van der Waals surface area (Å²) in [6, 6.07) is 8.97. The second-order valence-electron chi connectivity index (χ2n) is 7.04. The molecule has 0 N–H and O–H groups in total. The zero-order valence-electron chi connectivity index (χ0n) is 15.8. The summed E-state index contributed by atoms with van der Waals surface area (Å²) in [6.07, 6.45) is 2.32. The number of anilines is 1. The molecule has 0 amide bonds. The number of allylic oxidation sites excluding steroid dienone is 1. The van der Waals surface area contributed by atoms with Crippen LogP contribution in [0.5, 0.6) is 0 Å². The molecule has 0 aliphatic carbocycles. The number of carbonyl (C=O) groups excluding carboxylic acids is 1. The highest BCUT2D eigenvalue weighted by Crippen LogP contribution is 2.31. The maximum absolute atomic E-state index is 12.7. The van der Waals surface area contributed by atoms with Gasteiger partial charge in [-0.1, -0.05) is 11.6 Å². The van der Waals surface area contributed by atoms with E-state index in [0.717, 1.165) is 49.4 Å². The summed E-state index contributed by atoms with van der Waals surface area (Å²) in [5, 5.41) is 0. The molecular weight excluding hydrogens is 365 g/mol. The number of rotatable bonds is 5. The van der Waals surface area contributed by atoms with Crippen molar-refractivity contribution < 1.29 is 18.0 Å². The monoisotopic (exact) mass is 388 g/mol. The second-order valence-corrected chi connectivity index (χ2v) is 7.04. The molecule has 0 radical (unpaired) electrons. The van der Waals surface area contributed by atoms with E-state index in [9.17, 15) is 18.0 Å². The fourth-order valence-electron chi connectivity index (χ4n) is 3.30. The Balaban J connectivity index is 1.48. The van der Waals surface area contributed by atoms with Gasteiger partial charge in [-0.15, -0.1) is 0 Å². The number of hydrogen-bond donors (Lipinski definition) is 0. The van der Waals surface area contributed by atoms with Crippen molar-refractivity contribution in [1.29, 1.82) is 0 Å². The van der Waals surface area contributed by atoms with Gasteiger partial charge in [0.05, 0.1) is 5.56 Å². The van der Waals surface area contributed by atoms with Gasteiger partial charge in [-0.3, -0.25) is 9.78 Å². The number of Topliss-reactive ketones (excluding diaryl/α,β-unsaturated/α-hetero) is 1. The van der Waals surface area contributed by atoms with Crippen LogP contribution in [-0.2, 0) is 6.18 Å². The third-order valence-corrected chi connectivity index (χ3v) is 5.00. The summed E-state index contributed by atoms with van der Waals surface area (Å²) in [6.45, 7) is 3.43. The van der Waals surface area contributed by atoms with E-state index in [4.69, 9.17) is 0 Å². The fourth-order valence-corrected chi connectivity index (χ4v) is 3.30. The zero-order valence-corrected chi connectivity index (χ0v) is 15.8.